The summed E-state index contributed by atoms with van der Waals surface area (Å²) < 4.78 is 27.2. The summed E-state index contributed by atoms with van der Waals surface area (Å²) in [4.78, 5) is 0.286. The molecule has 0 saturated heterocycles. The first-order valence-corrected chi connectivity index (χ1v) is 9.12. The standard InChI is InChI=1S/C17H20ClNO2S/c1-3-13(2)15-6-10-17(11-7-15)22(20,21)19-12-14-4-8-16(18)9-5-14/h4-11,13,19H,3,12H2,1-2H3. The van der Waals surface area contributed by atoms with Crippen molar-refractivity contribution in [1.29, 1.82) is 0 Å². The molecule has 22 heavy (non-hydrogen) atoms. The van der Waals surface area contributed by atoms with Crippen molar-refractivity contribution in [3.05, 3.63) is 64.7 Å². The van der Waals surface area contributed by atoms with Crippen molar-refractivity contribution < 1.29 is 8.42 Å². The summed E-state index contributed by atoms with van der Waals surface area (Å²) in [6.45, 7) is 4.48. The summed E-state index contributed by atoms with van der Waals surface area (Å²) in [5.74, 6) is 0.429. The second-order valence-electron chi connectivity index (χ2n) is 5.33. The maximum atomic E-state index is 12.3. The Labute approximate surface area is 137 Å². The minimum Gasteiger partial charge on any atom is -0.207 e. The molecule has 0 fully saturated rings. The van der Waals surface area contributed by atoms with Gasteiger partial charge in [0, 0.05) is 11.6 Å². The van der Waals surface area contributed by atoms with Gasteiger partial charge in [-0.1, -0.05) is 49.7 Å². The van der Waals surface area contributed by atoms with E-state index in [4.69, 9.17) is 11.6 Å². The van der Waals surface area contributed by atoms with E-state index in [2.05, 4.69) is 18.6 Å². The molecule has 2 aromatic carbocycles. The summed E-state index contributed by atoms with van der Waals surface area (Å²) in [6.07, 6.45) is 1.03. The maximum absolute atomic E-state index is 12.3. The monoisotopic (exact) mass is 337 g/mol. The smallest absolute Gasteiger partial charge is 0.207 e. The summed E-state index contributed by atoms with van der Waals surface area (Å²) >= 11 is 5.81. The van der Waals surface area contributed by atoms with Crippen LogP contribution in [-0.4, -0.2) is 8.42 Å². The molecular weight excluding hydrogens is 318 g/mol. The minimum atomic E-state index is -3.50. The average Bonchev–Trinajstić information content (AvgIpc) is 2.54. The van der Waals surface area contributed by atoms with Crippen LogP contribution in [0.1, 0.15) is 37.3 Å². The molecule has 0 spiro atoms. The zero-order chi connectivity index (χ0) is 16.2. The Morgan fingerprint density at radius 2 is 1.64 bits per heavy atom. The second-order valence-corrected chi connectivity index (χ2v) is 7.53. The van der Waals surface area contributed by atoms with E-state index in [-0.39, 0.29) is 11.4 Å². The molecule has 0 saturated carbocycles. The van der Waals surface area contributed by atoms with Crippen LogP contribution < -0.4 is 4.72 Å². The fraction of sp³-hybridized carbons (Fsp3) is 0.294. The predicted octanol–water partition coefficient (Wildman–Crippen LogP) is 4.33. The van der Waals surface area contributed by atoms with Crippen LogP contribution in [0, 0.1) is 0 Å². The number of hydrogen-bond acceptors (Lipinski definition) is 2. The average molecular weight is 338 g/mol. The third-order valence-electron chi connectivity index (χ3n) is 3.75. The van der Waals surface area contributed by atoms with Crippen molar-refractivity contribution in [3.63, 3.8) is 0 Å². The molecule has 0 bridgehead atoms. The first-order valence-electron chi connectivity index (χ1n) is 7.26. The van der Waals surface area contributed by atoms with Crippen LogP contribution in [0.3, 0.4) is 0 Å². The highest BCUT2D eigenvalue weighted by Gasteiger charge is 2.14. The van der Waals surface area contributed by atoms with E-state index in [0.717, 1.165) is 17.5 Å². The quantitative estimate of drug-likeness (QED) is 0.852. The number of sulfonamides is 1. The lowest BCUT2D eigenvalue weighted by molar-refractivity contribution is 0.581. The van der Waals surface area contributed by atoms with E-state index in [9.17, 15) is 8.42 Å². The third-order valence-corrected chi connectivity index (χ3v) is 5.42. The zero-order valence-electron chi connectivity index (χ0n) is 12.7. The molecule has 0 radical (unpaired) electrons. The topological polar surface area (TPSA) is 46.2 Å². The van der Waals surface area contributed by atoms with Crippen molar-refractivity contribution in [2.24, 2.45) is 0 Å². The highest BCUT2D eigenvalue weighted by Crippen LogP contribution is 2.20. The number of halogens is 1. The Bertz CT molecular complexity index is 709. The Kier molecular flexibility index (Phi) is 5.62. The zero-order valence-corrected chi connectivity index (χ0v) is 14.3. The molecule has 2 aromatic rings. The summed E-state index contributed by atoms with van der Waals surface area (Å²) in [5, 5.41) is 0.632. The van der Waals surface area contributed by atoms with Crippen molar-refractivity contribution in [3.8, 4) is 0 Å². The van der Waals surface area contributed by atoms with E-state index >= 15 is 0 Å². The lowest BCUT2D eigenvalue weighted by atomic mass is 9.99. The van der Waals surface area contributed by atoms with Gasteiger partial charge in [-0.05, 0) is 47.7 Å². The second kappa shape index (κ2) is 7.27. The van der Waals surface area contributed by atoms with Crippen LogP contribution in [0.25, 0.3) is 0 Å². The van der Waals surface area contributed by atoms with Crippen LogP contribution >= 0.6 is 11.6 Å². The molecule has 0 aliphatic heterocycles. The van der Waals surface area contributed by atoms with E-state index in [1.807, 2.05) is 12.1 Å². The van der Waals surface area contributed by atoms with Crippen LogP contribution in [-0.2, 0) is 16.6 Å². The SMILES string of the molecule is CCC(C)c1ccc(S(=O)(=O)NCc2ccc(Cl)cc2)cc1. The van der Waals surface area contributed by atoms with Gasteiger partial charge in [0.1, 0.15) is 0 Å². The van der Waals surface area contributed by atoms with Gasteiger partial charge < -0.3 is 0 Å². The minimum absolute atomic E-state index is 0.243. The summed E-state index contributed by atoms with van der Waals surface area (Å²) in [7, 11) is -3.50. The van der Waals surface area contributed by atoms with Crippen LogP contribution in [0.2, 0.25) is 5.02 Å². The summed E-state index contributed by atoms with van der Waals surface area (Å²) in [5.41, 5.74) is 2.02. The fourth-order valence-corrected chi connectivity index (χ4v) is 3.22. The number of benzene rings is 2. The predicted molar refractivity (Wildman–Crippen MR) is 90.6 cm³/mol. The van der Waals surface area contributed by atoms with Gasteiger partial charge in [-0.3, -0.25) is 0 Å². The normalized spacial score (nSPS) is 13.0. The molecule has 1 N–H and O–H groups in total. The van der Waals surface area contributed by atoms with Crippen molar-refractivity contribution in [2.75, 3.05) is 0 Å². The van der Waals surface area contributed by atoms with Gasteiger partial charge in [0.2, 0.25) is 10.0 Å². The molecule has 1 atom stereocenters. The largest absolute Gasteiger partial charge is 0.240 e. The van der Waals surface area contributed by atoms with Gasteiger partial charge in [0.15, 0.2) is 0 Å². The lowest BCUT2D eigenvalue weighted by Crippen LogP contribution is -2.23. The molecule has 0 aromatic heterocycles. The number of nitrogens with one attached hydrogen (secondary N) is 1. The highest BCUT2D eigenvalue weighted by atomic mass is 35.5. The van der Waals surface area contributed by atoms with Gasteiger partial charge in [0.05, 0.1) is 4.90 Å². The van der Waals surface area contributed by atoms with Crippen LogP contribution in [0.4, 0.5) is 0 Å². The van der Waals surface area contributed by atoms with Crippen LogP contribution in [0.15, 0.2) is 53.4 Å². The Balaban J connectivity index is 2.08. The number of rotatable bonds is 6. The summed E-state index contributed by atoms with van der Waals surface area (Å²) in [6, 6.07) is 14.2. The Morgan fingerprint density at radius 1 is 1.05 bits per heavy atom. The number of hydrogen-bond donors (Lipinski definition) is 1. The van der Waals surface area contributed by atoms with Crippen molar-refractivity contribution >= 4 is 21.6 Å². The van der Waals surface area contributed by atoms with Gasteiger partial charge in [0.25, 0.3) is 0 Å². The van der Waals surface area contributed by atoms with Crippen LogP contribution in [0.5, 0.6) is 0 Å². The van der Waals surface area contributed by atoms with Crippen molar-refractivity contribution in [2.45, 2.75) is 37.6 Å². The van der Waals surface area contributed by atoms with Gasteiger partial charge >= 0.3 is 0 Å². The molecule has 2 rings (SSSR count). The molecule has 0 amide bonds. The van der Waals surface area contributed by atoms with Gasteiger partial charge in [-0.2, -0.15) is 0 Å². The molecule has 5 heteroatoms. The van der Waals surface area contributed by atoms with E-state index in [0.29, 0.717) is 10.9 Å². The first-order chi connectivity index (χ1) is 10.4. The molecule has 1 unspecified atom stereocenters. The van der Waals surface area contributed by atoms with E-state index in [1.165, 1.54) is 0 Å². The van der Waals surface area contributed by atoms with E-state index < -0.39 is 10.0 Å². The Hall–Kier alpha value is -1.36. The molecule has 118 valence electrons. The molecule has 0 aliphatic carbocycles. The first kappa shape index (κ1) is 17.0. The molecular formula is C17H20ClNO2S. The lowest BCUT2D eigenvalue weighted by Gasteiger charge is -2.11. The van der Waals surface area contributed by atoms with E-state index in [1.54, 1.807) is 36.4 Å². The third kappa shape index (κ3) is 4.32. The van der Waals surface area contributed by atoms with Crippen molar-refractivity contribution in [1.82, 2.24) is 4.72 Å². The maximum Gasteiger partial charge on any atom is 0.240 e. The van der Waals surface area contributed by atoms with Gasteiger partial charge in [-0.15, -0.1) is 0 Å². The molecule has 0 aliphatic rings. The molecule has 3 nitrogen and oxygen atoms in total. The fourth-order valence-electron chi connectivity index (χ4n) is 2.08. The van der Waals surface area contributed by atoms with Gasteiger partial charge in [-0.25, -0.2) is 13.1 Å². The molecule has 0 heterocycles. The Morgan fingerprint density at radius 3 is 2.18 bits per heavy atom. The highest BCUT2D eigenvalue weighted by molar-refractivity contribution is 7.89.